The Morgan fingerprint density at radius 2 is 2.12 bits per heavy atom. The molecule has 3 aliphatic rings. The SMILES string of the molecule is N#CC=C1CCN(c2ccc(N3C[C@H](CNC(=O)C4COC(=O)N4)OC3=O)cc2F)CC1. The second kappa shape index (κ2) is 9.13. The molecule has 3 aliphatic heterocycles. The van der Waals surface area contributed by atoms with E-state index in [-0.39, 0.29) is 19.7 Å². The lowest BCUT2D eigenvalue weighted by Crippen LogP contribution is -2.45. The van der Waals surface area contributed by atoms with Gasteiger partial charge in [0.2, 0.25) is 5.91 Å². The molecule has 2 atom stereocenters. The van der Waals surface area contributed by atoms with Crippen molar-refractivity contribution in [3.8, 4) is 6.07 Å². The fraction of sp³-hybridized carbons (Fsp3) is 0.429. The molecule has 2 N–H and O–H groups in total. The van der Waals surface area contributed by atoms with Gasteiger partial charge >= 0.3 is 12.2 Å². The molecule has 0 radical (unpaired) electrons. The van der Waals surface area contributed by atoms with Gasteiger partial charge in [0.25, 0.3) is 0 Å². The van der Waals surface area contributed by atoms with Crippen LogP contribution >= 0.6 is 0 Å². The van der Waals surface area contributed by atoms with Crippen LogP contribution in [0, 0.1) is 17.1 Å². The summed E-state index contributed by atoms with van der Waals surface area (Å²) in [5.41, 5.74) is 1.87. The number of nitrogens with one attached hydrogen (secondary N) is 2. The van der Waals surface area contributed by atoms with E-state index in [9.17, 15) is 18.8 Å². The van der Waals surface area contributed by atoms with Crippen LogP contribution in [-0.4, -0.2) is 63.0 Å². The monoisotopic (exact) mass is 443 g/mol. The van der Waals surface area contributed by atoms with Gasteiger partial charge in [0.15, 0.2) is 0 Å². The number of nitriles is 1. The molecule has 10 nitrogen and oxygen atoms in total. The van der Waals surface area contributed by atoms with Crippen molar-refractivity contribution >= 4 is 29.5 Å². The third-order valence-electron chi connectivity index (χ3n) is 5.63. The van der Waals surface area contributed by atoms with E-state index in [0.29, 0.717) is 37.3 Å². The van der Waals surface area contributed by atoms with Crippen molar-refractivity contribution in [1.29, 1.82) is 5.26 Å². The molecule has 4 rings (SSSR count). The van der Waals surface area contributed by atoms with Gasteiger partial charge in [0.1, 0.15) is 24.6 Å². The fourth-order valence-corrected chi connectivity index (χ4v) is 3.89. The molecular formula is C21H22FN5O5. The van der Waals surface area contributed by atoms with Gasteiger partial charge in [0, 0.05) is 19.2 Å². The average Bonchev–Trinajstić information content (AvgIpc) is 3.38. The Labute approximate surface area is 183 Å². The number of ether oxygens (including phenoxy) is 2. The van der Waals surface area contributed by atoms with Crippen LogP contribution in [0.5, 0.6) is 0 Å². The maximum atomic E-state index is 14.8. The second-order valence-electron chi connectivity index (χ2n) is 7.71. The summed E-state index contributed by atoms with van der Waals surface area (Å²) in [6.07, 6.45) is 1.07. The smallest absolute Gasteiger partial charge is 0.414 e. The Hall–Kier alpha value is -3.81. The van der Waals surface area contributed by atoms with Crippen LogP contribution in [0.1, 0.15) is 12.8 Å². The first kappa shape index (κ1) is 21.4. The number of allylic oxidation sites excluding steroid dienone is 1. The van der Waals surface area contributed by atoms with Gasteiger partial charge in [0.05, 0.1) is 30.5 Å². The molecule has 3 saturated heterocycles. The zero-order chi connectivity index (χ0) is 22.7. The molecular weight excluding hydrogens is 421 g/mol. The molecule has 3 fully saturated rings. The highest BCUT2D eigenvalue weighted by Gasteiger charge is 2.35. The fourth-order valence-electron chi connectivity index (χ4n) is 3.89. The predicted octanol–water partition coefficient (Wildman–Crippen LogP) is 1.43. The predicted molar refractivity (Wildman–Crippen MR) is 110 cm³/mol. The highest BCUT2D eigenvalue weighted by Crippen LogP contribution is 2.30. The number of alkyl carbamates (subject to hydrolysis) is 1. The Morgan fingerprint density at radius 3 is 2.78 bits per heavy atom. The number of carbonyl (C=O) groups is 3. The van der Waals surface area contributed by atoms with Crippen molar-refractivity contribution in [2.24, 2.45) is 0 Å². The number of hydrogen-bond acceptors (Lipinski definition) is 7. The quantitative estimate of drug-likeness (QED) is 0.660. The molecule has 11 heteroatoms. The third-order valence-corrected chi connectivity index (χ3v) is 5.63. The van der Waals surface area contributed by atoms with Crippen molar-refractivity contribution in [2.75, 3.05) is 42.6 Å². The first-order valence-electron chi connectivity index (χ1n) is 10.3. The first-order chi connectivity index (χ1) is 15.4. The summed E-state index contributed by atoms with van der Waals surface area (Å²) in [5, 5.41) is 13.7. The Balaban J connectivity index is 1.34. The van der Waals surface area contributed by atoms with Crippen molar-refractivity contribution in [3.05, 3.63) is 35.7 Å². The van der Waals surface area contributed by atoms with E-state index in [2.05, 4.69) is 15.4 Å². The standard InChI is InChI=1S/C21H22FN5O5/c22-16-9-14(1-2-18(16)26-7-4-13(3-6-23)5-8-26)27-11-15(32-21(27)30)10-24-19(28)17-12-31-20(29)25-17/h1-3,9,15,17H,4-5,7-8,10-12H2,(H,24,28)(H,25,29)/t15-,17?/m0/s1. The Bertz CT molecular complexity index is 997. The summed E-state index contributed by atoms with van der Waals surface area (Å²) in [5.74, 6) is -0.883. The minimum Gasteiger partial charge on any atom is -0.447 e. The normalized spacial score (nSPS) is 22.7. The number of nitrogens with zero attached hydrogens (tertiary/aromatic N) is 3. The topological polar surface area (TPSA) is 124 Å². The minimum atomic E-state index is -0.779. The number of carbonyl (C=O) groups excluding carboxylic acids is 3. The summed E-state index contributed by atoms with van der Waals surface area (Å²) >= 11 is 0. The average molecular weight is 443 g/mol. The van der Waals surface area contributed by atoms with Crippen LogP contribution < -0.4 is 20.4 Å². The molecule has 3 amide bonds. The van der Waals surface area contributed by atoms with E-state index >= 15 is 0 Å². The summed E-state index contributed by atoms with van der Waals surface area (Å²) in [6.45, 7) is 1.38. The van der Waals surface area contributed by atoms with Crippen molar-refractivity contribution in [2.45, 2.75) is 25.0 Å². The zero-order valence-corrected chi connectivity index (χ0v) is 17.2. The second-order valence-corrected chi connectivity index (χ2v) is 7.71. The van der Waals surface area contributed by atoms with Crippen molar-refractivity contribution in [1.82, 2.24) is 10.6 Å². The zero-order valence-electron chi connectivity index (χ0n) is 17.2. The lowest BCUT2D eigenvalue weighted by Gasteiger charge is -2.30. The lowest BCUT2D eigenvalue weighted by atomic mass is 10.0. The Kier molecular flexibility index (Phi) is 6.11. The molecule has 0 spiro atoms. The van der Waals surface area contributed by atoms with Crippen LogP contribution in [0.25, 0.3) is 0 Å². The highest BCUT2D eigenvalue weighted by atomic mass is 19.1. The number of benzene rings is 1. The van der Waals surface area contributed by atoms with Crippen LogP contribution in [0.4, 0.5) is 25.4 Å². The van der Waals surface area contributed by atoms with E-state index in [1.165, 1.54) is 11.0 Å². The lowest BCUT2D eigenvalue weighted by molar-refractivity contribution is -0.123. The highest BCUT2D eigenvalue weighted by molar-refractivity contribution is 5.90. The van der Waals surface area contributed by atoms with Crippen LogP contribution in [-0.2, 0) is 14.3 Å². The largest absolute Gasteiger partial charge is 0.447 e. The van der Waals surface area contributed by atoms with Crippen LogP contribution in [0.15, 0.2) is 29.8 Å². The van der Waals surface area contributed by atoms with Gasteiger partial charge in [-0.25, -0.2) is 14.0 Å². The van der Waals surface area contributed by atoms with Gasteiger partial charge in [-0.2, -0.15) is 5.26 Å². The number of anilines is 2. The molecule has 0 aromatic heterocycles. The third kappa shape index (κ3) is 4.59. The molecule has 168 valence electrons. The van der Waals surface area contributed by atoms with Gasteiger partial charge < -0.3 is 25.0 Å². The van der Waals surface area contributed by atoms with E-state index < -0.39 is 36.1 Å². The number of piperidine rings is 1. The molecule has 1 aromatic rings. The van der Waals surface area contributed by atoms with Crippen molar-refractivity contribution < 1.29 is 28.2 Å². The number of rotatable bonds is 5. The van der Waals surface area contributed by atoms with E-state index in [1.807, 2.05) is 11.0 Å². The van der Waals surface area contributed by atoms with Gasteiger partial charge in [-0.3, -0.25) is 9.69 Å². The van der Waals surface area contributed by atoms with Crippen LogP contribution in [0.2, 0.25) is 0 Å². The number of hydrogen-bond donors (Lipinski definition) is 2. The molecule has 32 heavy (non-hydrogen) atoms. The van der Waals surface area contributed by atoms with E-state index in [1.54, 1.807) is 18.2 Å². The molecule has 1 unspecified atom stereocenters. The summed E-state index contributed by atoms with van der Waals surface area (Å²) in [4.78, 5) is 38.6. The van der Waals surface area contributed by atoms with E-state index in [0.717, 1.165) is 5.57 Å². The molecule has 0 saturated carbocycles. The van der Waals surface area contributed by atoms with Gasteiger partial charge in [-0.05, 0) is 31.0 Å². The van der Waals surface area contributed by atoms with E-state index in [4.69, 9.17) is 10.00 Å². The Morgan fingerprint density at radius 1 is 1.34 bits per heavy atom. The summed E-state index contributed by atoms with van der Waals surface area (Å²) < 4.78 is 24.8. The molecule has 1 aromatic carbocycles. The van der Waals surface area contributed by atoms with Gasteiger partial charge in [-0.1, -0.05) is 5.57 Å². The minimum absolute atomic E-state index is 0.0557. The van der Waals surface area contributed by atoms with Gasteiger partial charge in [-0.15, -0.1) is 0 Å². The number of amides is 3. The summed E-state index contributed by atoms with van der Waals surface area (Å²) in [6, 6.07) is 5.84. The number of cyclic esters (lactones) is 2. The summed E-state index contributed by atoms with van der Waals surface area (Å²) in [7, 11) is 0. The molecule has 0 aliphatic carbocycles. The molecule has 0 bridgehead atoms. The van der Waals surface area contributed by atoms with Crippen LogP contribution in [0.3, 0.4) is 0 Å². The molecule has 3 heterocycles. The first-order valence-corrected chi connectivity index (χ1v) is 10.3. The maximum absolute atomic E-state index is 14.8. The maximum Gasteiger partial charge on any atom is 0.414 e. The number of halogens is 1. The van der Waals surface area contributed by atoms with Crippen molar-refractivity contribution in [3.63, 3.8) is 0 Å².